The van der Waals surface area contributed by atoms with E-state index in [1.807, 2.05) is 32.0 Å². The van der Waals surface area contributed by atoms with Crippen molar-refractivity contribution in [2.24, 2.45) is 0 Å². The largest absolute Gasteiger partial charge is 0.497 e. The van der Waals surface area contributed by atoms with Gasteiger partial charge in [0.1, 0.15) is 5.75 Å². The van der Waals surface area contributed by atoms with Crippen molar-refractivity contribution in [3.05, 3.63) is 70.9 Å². The molecule has 0 saturated carbocycles. The molecule has 2 heterocycles. The summed E-state index contributed by atoms with van der Waals surface area (Å²) in [7, 11) is 1.51. The lowest BCUT2D eigenvalue weighted by Crippen LogP contribution is -2.08. The number of aromatic nitrogens is 3. The van der Waals surface area contributed by atoms with Gasteiger partial charge in [0.25, 0.3) is 0 Å². The van der Waals surface area contributed by atoms with Gasteiger partial charge in [-0.1, -0.05) is 18.2 Å². The molecule has 0 saturated heterocycles. The van der Waals surface area contributed by atoms with Crippen LogP contribution in [0.4, 0.5) is 13.2 Å². The number of pyridine rings is 1. The topological polar surface area (TPSA) is 39.9 Å². The normalized spacial score (nSPS) is 11.8. The van der Waals surface area contributed by atoms with Crippen molar-refractivity contribution < 1.29 is 17.9 Å². The highest BCUT2D eigenvalue weighted by Gasteiger charge is 2.36. The Balaban J connectivity index is 2.05. The lowest BCUT2D eigenvalue weighted by molar-refractivity contribution is -0.136. The molecule has 4 aromatic rings. The zero-order valence-corrected chi connectivity index (χ0v) is 17.0. The van der Waals surface area contributed by atoms with Crippen molar-refractivity contribution in [1.29, 1.82) is 0 Å². The number of methoxy groups -OCH3 is 1. The van der Waals surface area contributed by atoms with Gasteiger partial charge in [0.2, 0.25) is 0 Å². The lowest BCUT2D eigenvalue weighted by atomic mass is 10.0. The average molecular weight is 411 g/mol. The number of aryl methyl sites for hydroxylation is 3. The third-order valence-corrected chi connectivity index (χ3v) is 5.22. The van der Waals surface area contributed by atoms with E-state index in [9.17, 15) is 13.2 Å². The van der Waals surface area contributed by atoms with Crippen LogP contribution in [0.1, 0.15) is 22.4 Å². The highest BCUT2D eigenvalue weighted by Crippen LogP contribution is 2.39. The summed E-state index contributed by atoms with van der Waals surface area (Å²) < 4.78 is 48.6. The molecule has 30 heavy (non-hydrogen) atoms. The molecule has 154 valence electrons. The monoisotopic (exact) mass is 411 g/mol. The predicted octanol–water partition coefficient (Wildman–Crippen LogP) is 6.04. The fraction of sp³-hybridized carbons (Fsp3) is 0.217. The molecule has 4 rings (SSSR count). The third kappa shape index (κ3) is 3.40. The number of rotatable bonds is 3. The van der Waals surface area contributed by atoms with Gasteiger partial charge in [0, 0.05) is 5.56 Å². The Morgan fingerprint density at radius 3 is 2.37 bits per heavy atom. The molecule has 0 unspecified atom stereocenters. The van der Waals surface area contributed by atoms with Crippen LogP contribution in [0.2, 0.25) is 0 Å². The number of ether oxygens (including phenoxy) is 1. The second-order valence-electron chi connectivity index (χ2n) is 7.25. The predicted molar refractivity (Wildman–Crippen MR) is 110 cm³/mol. The molecule has 0 aliphatic rings. The molecule has 0 amide bonds. The van der Waals surface area contributed by atoms with Crippen LogP contribution in [-0.4, -0.2) is 21.9 Å². The summed E-state index contributed by atoms with van der Waals surface area (Å²) in [4.78, 5) is 4.59. The molecule has 0 aliphatic carbocycles. The summed E-state index contributed by atoms with van der Waals surface area (Å²) in [5, 5.41) is 4.41. The summed E-state index contributed by atoms with van der Waals surface area (Å²) in [5.41, 5.74) is 3.22. The maximum Gasteiger partial charge on any atom is 0.417 e. The standard InChI is InChI=1S/C23H20F3N3O/c1-13-8-9-17(10-14(13)2)29-22-21(15(3)28-29)19(23(24,25)26)12-20(27-22)16-6-5-7-18(11-16)30-4/h5-12H,1-4H3. The van der Waals surface area contributed by atoms with Gasteiger partial charge < -0.3 is 4.74 Å². The van der Waals surface area contributed by atoms with Crippen LogP contribution in [0.25, 0.3) is 28.0 Å². The molecular weight excluding hydrogens is 391 g/mol. The molecule has 7 heteroatoms. The first-order chi connectivity index (χ1) is 14.2. The van der Waals surface area contributed by atoms with Gasteiger partial charge in [-0.05, 0) is 62.2 Å². The van der Waals surface area contributed by atoms with E-state index in [2.05, 4.69) is 10.1 Å². The molecule has 0 bridgehead atoms. The van der Waals surface area contributed by atoms with Crippen molar-refractivity contribution in [3.63, 3.8) is 0 Å². The minimum Gasteiger partial charge on any atom is -0.497 e. The van der Waals surface area contributed by atoms with E-state index in [0.717, 1.165) is 17.2 Å². The Hall–Kier alpha value is -3.35. The third-order valence-electron chi connectivity index (χ3n) is 5.22. The highest BCUT2D eigenvalue weighted by molar-refractivity contribution is 5.87. The second-order valence-corrected chi connectivity index (χ2v) is 7.25. The number of benzene rings is 2. The van der Waals surface area contributed by atoms with Crippen molar-refractivity contribution in [2.45, 2.75) is 26.9 Å². The van der Waals surface area contributed by atoms with Gasteiger partial charge in [0.05, 0.1) is 35.1 Å². The molecule has 0 atom stereocenters. The molecule has 2 aromatic heterocycles. The molecular formula is C23H20F3N3O. The van der Waals surface area contributed by atoms with Crippen LogP contribution in [0.3, 0.4) is 0 Å². The van der Waals surface area contributed by atoms with Gasteiger partial charge >= 0.3 is 6.18 Å². The van der Waals surface area contributed by atoms with Crippen molar-refractivity contribution in [2.75, 3.05) is 7.11 Å². The summed E-state index contributed by atoms with van der Waals surface area (Å²) in [6, 6.07) is 13.6. The Kier molecular flexibility index (Phi) is 4.76. The van der Waals surface area contributed by atoms with Crippen molar-refractivity contribution >= 4 is 11.0 Å². The zero-order chi connectivity index (χ0) is 21.6. The molecule has 0 fully saturated rings. The summed E-state index contributed by atoms with van der Waals surface area (Å²) >= 11 is 0. The van der Waals surface area contributed by atoms with E-state index in [1.54, 1.807) is 31.2 Å². The molecule has 4 nitrogen and oxygen atoms in total. The molecule has 2 aromatic carbocycles. The molecule has 0 spiro atoms. The molecule has 0 aliphatic heterocycles. The first kappa shape index (κ1) is 19.9. The fourth-order valence-corrected chi connectivity index (χ4v) is 3.48. The summed E-state index contributed by atoms with van der Waals surface area (Å²) in [5.74, 6) is 0.543. The van der Waals surface area contributed by atoms with Crippen molar-refractivity contribution in [1.82, 2.24) is 14.8 Å². The fourth-order valence-electron chi connectivity index (χ4n) is 3.48. The Labute approximate surface area is 171 Å². The van der Waals surface area contributed by atoms with Gasteiger partial charge in [-0.15, -0.1) is 0 Å². The van der Waals surface area contributed by atoms with Crippen LogP contribution >= 0.6 is 0 Å². The van der Waals surface area contributed by atoms with E-state index in [-0.39, 0.29) is 22.4 Å². The minimum absolute atomic E-state index is 0.00683. The van der Waals surface area contributed by atoms with Gasteiger partial charge in [0.15, 0.2) is 5.65 Å². The molecule has 0 radical (unpaired) electrons. The Morgan fingerprint density at radius 2 is 1.70 bits per heavy atom. The van der Waals surface area contributed by atoms with Crippen LogP contribution in [-0.2, 0) is 6.18 Å². The number of hydrogen-bond donors (Lipinski definition) is 0. The quantitative estimate of drug-likeness (QED) is 0.413. The highest BCUT2D eigenvalue weighted by atomic mass is 19.4. The maximum atomic E-state index is 14.0. The van der Waals surface area contributed by atoms with Gasteiger partial charge in [-0.25, -0.2) is 9.67 Å². The number of fused-ring (bicyclic) bond motifs is 1. The van der Waals surface area contributed by atoms with Crippen LogP contribution in [0.5, 0.6) is 5.75 Å². The van der Waals surface area contributed by atoms with Crippen molar-refractivity contribution in [3.8, 4) is 22.7 Å². The van der Waals surface area contributed by atoms with E-state index in [0.29, 0.717) is 17.0 Å². The van der Waals surface area contributed by atoms with Gasteiger partial charge in [-0.2, -0.15) is 18.3 Å². The zero-order valence-electron chi connectivity index (χ0n) is 17.0. The van der Waals surface area contributed by atoms with Gasteiger partial charge in [-0.3, -0.25) is 0 Å². The average Bonchev–Trinajstić information content (AvgIpc) is 3.05. The number of hydrogen-bond acceptors (Lipinski definition) is 3. The van der Waals surface area contributed by atoms with Crippen LogP contribution in [0.15, 0.2) is 48.5 Å². The molecule has 0 N–H and O–H groups in total. The van der Waals surface area contributed by atoms with E-state index < -0.39 is 11.7 Å². The minimum atomic E-state index is -4.55. The Morgan fingerprint density at radius 1 is 0.933 bits per heavy atom. The van der Waals surface area contributed by atoms with Crippen LogP contribution in [0, 0.1) is 20.8 Å². The SMILES string of the molecule is COc1cccc(-c2cc(C(F)(F)F)c3c(C)nn(-c4ccc(C)c(C)c4)c3n2)c1. The first-order valence-corrected chi connectivity index (χ1v) is 9.38. The van der Waals surface area contributed by atoms with Crippen LogP contribution < -0.4 is 4.74 Å². The first-order valence-electron chi connectivity index (χ1n) is 9.38. The maximum absolute atomic E-state index is 14.0. The van der Waals surface area contributed by atoms with E-state index in [4.69, 9.17) is 4.74 Å². The number of halogens is 3. The Bertz CT molecular complexity index is 1260. The number of alkyl halides is 3. The summed E-state index contributed by atoms with van der Waals surface area (Å²) in [6.45, 7) is 5.50. The van der Waals surface area contributed by atoms with E-state index in [1.165, 1.54) is 11.8 Å². The second kappa shape index (κ2) is 7.16. The smallest absolute Gasteiger partial charge is 0.417 e. The lowest BCUT2D eigenvalue weighted by Gasteiger charge is -2.12. The van der Waals surface area contributed by atoms with E-state index >= 15 is 0 Å². The summed E-state index contributed by atoms with van der Waals surface area (Å²) in [6.07, 6.45) is -4.55. The number of nitrogens with zero attached hydrogens (tertiary/aromatic N) is 3.